The van der Waals surface area contributed by atoms with Crippen molar-refractivity contribution < 1.29 is 4.74 Å². The number of ether oxygens (including phenoxy) is 1. The zero-order valence-corrected chi connectivity index (χ0v) is 12.3. The third kappa shape index (κ3) is 3.06. The Morgan fingerprint density at radius 2 is 2.29 bits per heavy atom. The Hall–Kier alpha value is -1.91. The molecular weight excluding hydrogens is 262 g/mol. The molecule has 0 radical (unpaired) electrons. The average Bonchev–Trinajstić information content (AvgIpc) is 2.97. The molecule has 2 heterocycles. The van der Waals surface area contributed by atoms with E-state index in [1.807, 2.05) is 19.2 Å². The van der Waals surface area contributed by atoms with Crippen LogP contribution in [0.4, 0.5) is 0 Å². The highest BCUT2D eigenvalue weighted by molar-refractivity contribution is 5.40. The van der Waals surface area contributed by atoms with E-state index in [-0.39, 0.29) is 6.04 Å². The van der Waals surface area contributed by atoms with E-state index in [0.29, 0.717) is 0 Å². The predicted octanol–water partition coefficient (Wildman–Crippen LogP) is 2.46. The first-order valence-corrected chi connectivity index (χ1v) is 7.40. The second-order valence-electron chi connectivity index (χ2n) is 5.48. The highest BCUT2D eigenvalue weighted by Crippen LogP contribution is 2.27. The van der Waals surface area contributed by atoms with E-state index in [0.717, 1.165) is 37.3 Å². The van der Waals surface area contributed by atoms with Gasteiger partial charge in [0.15, 0.2) is 0 Å². The Balaban J connectivity index is 1.70. The second kappa shape index (κ2) is 6.24. The number of fused-ring (bicyclic) bond motifs is 1. The monoisotopic (exact) mass is 283 g/mol. The number of aryl methyl sites for hydroxylation is 2. The van der Waals surface area contributed by atoms with Crippen LogP contribution in [-0.2, 0) is 12.8 Å². The molecule has 0 bridgehead atoms. The summed E-state index contributed by atoms with van der Waals surface area (Å²) in [5.74, 6) is 6.77. The van der Waals surface area contributed by atoms with Crippen molar-refractivity contribution in [3.05, 3.63) is 58.9 Å². The number of pyridine rings is 1. The minimum absolute atomic E-state index is 0.128. The van der Waals surface area contributed by atoms with Crippen molar-refractivity contribution in [2.45, 2.75) is 32.2 Å². The molecule has 0 amide bonds. The fraction of sp³-hybridized carbons (Fsp3) is 0.353. The molecule has 2 aromatic rings. The molecule has 4 heteroatoms. The molecule has 0 saturated carbocycles. The molecule has 1 atom stereocenters. The van der Waals surface area contributed by atoms with Crippen molar-refractivity contribution >= 4 is 0 Å². The van der Waals surface area contributed by atoms with Gasteiger partial charge in [0.1, 0.15) is 5.75 Å². The van der Waals surface area contributed by atoms with E-state index in [2.05, 4.69) is 34.7 Å². The topological polar surface area (TPSA) is 60.2 Å². The number of hydrogen-bond donors (Lipinski definition) is 2. The number of rotatable bonds is 5. The smallest absolute Gasteiger partial charge is 0.122 e. The summed E-state index contributed by atoms with van der Waals surface area (Å²) in [6, 6.07) is 10.7. The number of aromatic nitrogens is 1. The number of nitrogens with one attached hydrogen (secondary N) is 1. The van der Waals surface area contributed by atoms with Gasteiger partial charge in [0.25, 0.3) is 0 Å². The largest absolute Gasteiger partial charge is 0.493 e. The minimum Gasteiger partial charge on any atom is -0.493 e. The molecule has 1 aromatic heterocycles. The van der Waals surface area contributed by atoms with Gasteiger partial charge < -0.3 is 4.74 Å². The maximum Gasteiger partial charge on any atom is 0.122 e. The molecule has 3 rings (SSSR count). The maximum absolute atomic E-state index is 5.73. The van der Waals surface area contributed by atoms with Crippen molar-refractivity contribution in [1.29, 1.82) is 0 Å². The molecule has 1 aromatic carbocycles. The highest BCUT2D eigenvalue weighted by Gasteiger charge is 2.15. The molecule has 0 spiro atoms. The number of hydrogen-bond acceptors (Lipinski definition) is 4. The van der Waals surface area contributed by atoms with Gasteiger partial charge in [0, 0.05) is 24.4 Å². The van der Waals surface area contributed by atoms with Crippen LogP contribution in [0, 0.1) is 6.92 Å². The Labute approximate surface area is 125 Å². The lowest BCUT2D eigenvalue weighted by Gasteiger charge is -2.18. The molecule has 110 valence electrons. The van der Waals surface area contributed by atoms with Gasteiger partial charge in [-0.2, -0.15) is 0 Å². The summed E-state index contributed by atoms with van der Waals surface area (Å²) in [7, 11) is 0. The van der Waals surface area contributed by atoms with Gasteiger partial charge in [-0.3, -0.25) is 16.3 Å². The molecule has 0 aliphatic carbocycles. The molecule has 4 nitrogen and oxygen atoms in total. The lowest BCUT2D eigenvalue weighted by Crippen LogP contribution is -2.29. The summed E-state index contributed by atoms with van der Waals surface area (Å²) in [6.07, 6.45) is 4.76. The van der Waals surface area contributed by atoms with E-state index in [1.54, 1.807) is 0 Å². The number of hydrazine groups is 1. The van der Waals surface area contributed by atoms with Crippen LogP contribution in [0.15, 0.2) is 36.5 Å². The summed E-state index contributed by atoms with van der Waals surface area (Å²) < 4.78 is 5.54. The number of nitrogens with two attached hydrogens (primary N) is 1. The van der Waals surface area contributed by atoms with Gasteiger partial charge >= 0.3 is 0 Å². The fourth-order valence-electron chi connectivity index (χ4n) is 2.90. The highest BCUT2D eigenvalue weighted by atomic mass is 16.5. The SMILES string of the molecule is Cc1ncccc1C(CCc1ccc2c(c1)CCO2)NN. The Morgan fingerprint density at radius 1 is 1.38 bits per heavy atom. The van der Waals surface area contributed by atoms with E-state index < -0.39 is 0 Å². The molecular formula is C17H21N3O. The number of benzene rings is 1. The first-order chi connectivity index (χ1) is 10.3. The lowest BCUT2D eigenvalue weighted by molar-refractivity contribution is 0.357. The number of nitrogens with zero attached hydrogens (tertiary/aromatic N) is 1. The van der Waals surface area contributed by atoms with Gasteiger partial charge in [-0.25, -0.2) is 0 Å². The Bertz CT molecular complexity index is 627. The summed E-state index contributed by atoms with van der Waals surface area (Å²) in [5.41, 5.74) is 7.77. The summed E-state index contributed by atoms with van der Waals surface area (Å²) in [6.45, 7) is 2.83. The van der Waals surface area contributed by atoms with Crippen LogP contribution in [0.2, 0.25) is 0 Å². The molecule has 21 heavy (non-hydrogen) atoms. The van der Waals surface area contributed by atoms with Crippen LogP contribution in [-0.4, -0.2) is 11.6 Å². The average molecular weight is 283 g/mol. The molecule has 0 saturated heterocycles. The quantitative estimate of drug-likeness (QED) is 0.653. The first-order valence-electron chi connectivity index (χ1n) is 7.40. The van der Waals surface area contributed by atoms with Crippen LogP contribution in [0.3, 0.4) is 0 Å². The molecule has 0 fully saturated rings. The van der Waals surface area contributed by atoms with Gasteiger partial charge in [-0.15, -0.1) is 0 Å². The summed E-state index contributed by atoms with van der Waals surface area (Å²) in [4.78, 5) is 4.34. The maximum atomic E-state index is 5.73. The van der Waals surface area contributed by atoms with Gasteiger partial charge in [-0.05, 0) is 48.6 Å². The summed E-state index contributed by atoms with van der Waals surface area (Å²) >= 11 is 0. The van der Waals surface area contributed by atoms with Crippen molar-refractivity contribution in [2.75, 3.05) is 6.61 Å². The first kappa shape index (κ1) is 14.0. The van der Waals surface area contributed by atoms with E-state index in [1.165, 1.54) is 16.7 Å². The normalized spacial score (nSPS) is 14.6. The van der Waals surface area contributed by atoms with Gasteiger partial charge in [0.2, 0.25) is 0 Å². The zero-order valence-electron chi connectivity index (χ0n) is 12.3. The standard InChI is InChI=1S/C17H21N3O/c1-12-15(3-2-9-19-12)16(20-18)6-4-13-5-7-17-14(11-13)8-10-21-17/h2-3,5,7,9,11,16,20H,4,6,8,10,18H2,1H3. The van der Waals surface area contributed by atoms with E-state index >= 15 is 0 Å². The Kier molecular flexibility index (Phi) is 4.18. The molecule has 1 unspecified atom stereocenters. The Morgan fingerprint density at radius 3 is 3.10 bits per heavy atom. The van der Waals surface area contributed by atoms with Crippen molar-refractivity contribution in [1.82, 2.24) is 10.4 Å². The molecule has 1 aliphatic heterocycles. The fourth-order valence-corrected chi connectivity index (χ4v) is 2.90. The van der Waals surface area contributed by atoms with Crippen LogP contribution in [0.25, 0.3) is 0 Å². The van der Waals surface area contributed by atoms with Gasteiger partial charge in [0.05, 0.1) is 6.61 Å². The van der Waals surface area contributed by atoms with E-state index in [9.17, 15) is 0 Å². The third-order valence-electron chi connectivity index (χ3n) is 4.10. The molecule has 3 N–H and O–H groups in total. The van der Waals surface area contributed by atoms with Crippen molar-refractivity contribution in [3.63, 3.8) is 0 Å². The second-order valence-corrected chi connectivity index (χ2v) is 5.48. The lowest BCUT2D eigenvalue weighted by atomic mass is 9.97. The third-order valence-corrected chi connectivity index (χ3v) is 4.10. The van der Waals surface area contributed by atoms with E-state index in [4.69, 9.17) is 10.6 Å². The van der Waals surface area contributed by atoms with Crippen LogP contribution < -0.4 is 16.0 Å². The predicted molar refractivity (Wildman–Crippen MR) is 83.0 cm³/mol. The summed E-state index contributed by atoms with van der Waals surface area (Å²) in [5, 5.41) is 0. The molecule has 1 aliphatic rings. The minimum atomic E-state index is 0.128. The van der Waals surface area contributed by atoms with Crippen LogP contribution in [0.1, 0.15) is 34.8 Å². The van der Waals surface area contributed by atoms with Crippen molar-refractivity contribution in [2.24, 2.45) is 5.84 Å². The van der Waals surface area contributed by atoms with Gasteiger partial charge in [-0.1, -0.05) is 18.2 Å². The zero-order chi connectivity index (χ0) is 14.7. The van der Waals surface area contributed by atoms with Crippen molar-refractivity contribution in [3.8, 4) is 5.75 Å². The van der Waals surface area contributed by atoms with Crippen LogP contribution >= 0.6 is 0 Å². The van der Waals surface area contributed by atoms with Crippen LogP contribution in [0.5, 0.6) is 5.75 Å².